The molecule has 0 saturated heterocycles. The highest BCUT2D eigenvalue weighted by atomic mass is 16.5. The van der Waals surface area contributed by atoms with Gasteiger partial charge in [-0.15, -0.1) is 0 Å². The molecule has 0 N–H and O–H groups in total. The van der Waals surface area contributed by atoms with Gasteiger partial charge in [0.05, 0.1) is 12.5 Å². The second-order valence-electron chi connectivity index (χ2n) is 2.99. The van der Waals surface area contributed by atoms with Gasteiger partial charge >= 0.3 is 5.97 Å². The standard InChI is InChI=1S/C10H18O2/c1-4-5-6-7-8-12-10(11)9(2)3/h5-6,9H,4,7-8H2,1-3H3. The van der Waals surface area contributed by atoms with Crippen LogP contribution >= 0.6 is 0 Å². The fraction of sp³-hybridized carbons (Fsp3) is 0.700. The van der Waals surface area contributed by atoms with Crippen LogP contribution in [-0.2, 0) is 9.53 Å². The molecule has 0 unspecified atom stereocenters. The lowest BCUT2D eigenvalue weighted by Crippen LogP contribution is -2.11. The summed E-state index contributed by atoms with van der Waals surface area (Å²) in [6.45, 7) is 6.26. The molecule has 0 aromatic heterocycles. The Bertz CT molecular complexity index is 148. The van der Waals surface area contributed by atoms with E-state index in [4.69, 9.17) is 4.74 Å². The van der Waals surface area contributed by atoms with E-state index in [1.165, 1.54) is 0 Å². The summed E-state index contributed by atoms with van der Waals surface area (Å²) < 4.78 is 4.96. The lowest BCUT2D eigenvalue weighted by atomic mass is 10.2. The largest absolute Gasteiger partial charge is 0.465 e. The Kier molecular flexibility index (Phi) is 6.44. The van der Waals surface area contributed by atoms with Crippen LogP contribution in [0.2, 0.25) is 0 Å². The van der Waals surface area contributed by atoms with Crippen molar-refractivity contribution in [2.45, 2.75) is 33.6 Å². The molecule has 0 radical (unpaired) electrons. The van der Waals surface area contributed by atoms with Crippen LogP contribution in [0.25, 0.3) is 0 Å². The van der Waals surface area contributed by atoms with Gasteiger partial charge in [-0.05, 0) is 12.8 Å². The topological polar surface area (TPSA) is 26.3 Å². The summed E-state index contributed by atoms with van der Waals surface area (Å²) in [5.74, 6) is -0.125. The summed E-state index contributed by atoms with van der Waals surface area (Å²) in [6, 6.07) is 0. The highest BCUT2D eigenvalue weighted by Crippen LogP contribution is 1.97. The second kappa shape index (κ2) is 6.89. The molecular formula is C10H18O2. The molecule has 2 heteroatoms. The predicted octanol–water partition coefficient (Wildman–Crippen LogP) is 2.54. The van der Waals surface area contributed by atoms with Crippen molar-refractivity contribution in [3.05, 3.63) is 12.2 Å². The van der Waals surface area contributed by atoms with Crippen molar-refractivity contribution in [3.8, 4) is 0 Å². The summed E-state index contributed by atoms with van der Waals surface area (Å²) in [4.78, 5) is 10.9. The average Bonchev–Trinajstić information content (AvgIpc) is 2.03. The van der Waals surface area contributed by atoms with E-state index in [9.17, 15) is 4.79 Å². The van der Waals surface area contributed by atoms with Crippen molar-refractivity contribution < 1.29 is 9.53 Å². The molecule has 0 atom stereocenters. The first-order valence-corrected chi connectivity index (χ1v) is 4.50. The molecule has 0 saturated carbocycles. The number of ether oxygens (including phenoxy) is 1. The van der Waals surface area contributed by atoms with Crippen LogP contribution < -0.4 is 0 Å². The van der Waals surface area contributed by atoms with Gasteiger partial charge in [-0.1, -0.05) is 32.9 Å². The molecule has 0 aliphatic rings. The molecular weight excluding hydrogens is 152 g/mol. The van der Waals surface area contributed by atoms with Gasteiger partial charge in [-0.2, -0.15) is 0 Å². The third-order valence-corrected chi connectivity index (χ3v) is 1.40. The molecule has 70 valence electrons. The van der Waals surface area contributed by atoms with Gasteiger partial charge in [-0.3, -0.25) is 4.79 Å². The van der Waals surface area contributed by atoms with Crippen LogP contribution in [0.3, 0.4) is 0 Å². The predicted molar refractivity (Wildman–Crippen MR) is 49.8 cm³/mol. The van der Waals surface area contributed by atoms with Crippen molar-refractivity contribution in [2.75, 3.05) is 6.61 Å². The van der Waals surface area contributed by atoms with E-state index in [1.807, 2.05) is 19.9 Å². The Hall–Kier alpha value is -0.790. The van der Waals surface area contributed by atoms with E-state index in [0.29, 0.717) is 6.61 Å². The monoisotopic (exact) mass is 170 g/mol. The van der Waals surface area contributed by atoms with E-state index in [1.54, 1.807) is 0 Å². The van der Waals surface area contributed by atoms with E-state index in [-0.39, 0.29) is 11.9 Å². The molecule has 0 amide bonds. The van der Waals surface area contributed by atoms with Crippen LogP contribution in [-0.4, -0.2) is 12.6 Å². The molecule has 0 rings (SSSR count). The minimum atomic E-state index is -0.111. The van der Waals surface area contributed by atoms with Crippen LogP contribution in [0.1, 0.15) is 33.6 Å². The third-order valence-electron chi connectivity index (χ3n) is 1.40. The lowest BCUT2D eigenvalue weighted by molar-refractivity contribution is -0.147. The lowest BCUT2D eigenvalue weighted by Gasteiger charge is -2.04. The van der Waals surface area contributed by atoms with E-state index in [0.717, 1.165) is 12.8 Å². The smallest absolute Gasteiger partial charge is 0.308 e. The maximum absolute atomic E-state index is 10.9. The van der Waals surface area contributed by atoms with Crippen molar-refractivity contribution in [2.24, 2.45) is 5.92 Å². The van der Waals surface area contributed by atoms with E-state index in [2.05, 4.69) is 13.0 Å². The third kappa shape index (κ3) is 5.96. The number of rotatable bonds is 5. The highest BCUT2D eigenvalue weighted by molar-refractivity contribution is 5.71. The Morgan fingerprint density at radius 2 is 2.08 bits per heavy atom. The van der Waals surface area contributed by atoms with Gasteiger partial charge in [0.1, 0.15) is 0 Å². The number of carbonyl (C=O) groups is 1. The molecule has 0 aliphatic heterocycles. The number of esters is 1. The van der Waals surface area contributed by atoms with Gasteiger partial charge in [0.15, 0.2) is 0 Å². The molecule has 0 aromatic carbocycles. The highest BCUT2D eigenvalue weighted by Gasteiger charge is 2.06. The fourth-order valence-electron chi connectivity index (χ4n) is 0.679. The van der Waals surface area contributed by atoms with Crippen LogP contribution in [0.5, 0.6) is 0 Å². The fourth-order valence-corrected chi connectivity index (χ4v) is 0.679. The molecule has 0 spiro atoms. The summed E-state index contributed by atoms with van der Waals surface area (Å²) in [5, 5.41) is 0. The number of hydrogen-bond donors (Lipinski definition) is 0. The SMILES string of the molecule is CCC=CCCOC(=O)C(C)C. The molecule has 0 aliphatic carbocycles. The first-order valence-electron chi connectivity index (χ1n) is 4.50. The van der Waals surface area contributed by atoms with Crippen LogP contribution in [0, 0.1) is 5.92 Å². The Labute approximate surface area is 74.6 Å². The zero-order valence-corrected chi connectivity index (χ0v) is 8.17. The van der Waals surface area contributed by atoms with Gasteiger partial charge in [0, 0.05) is 0 Å². The Morgan fingerprint density at radius 3 is 2.58 bits per heavy atom. The average molecular weight is 170 g/mol. The number of allylic oxidation sites excluding steroid dienone is 1. The van der Waals surface area contributed by atoms with Gasteiger partial charge < -0.3 is 4.74 Å². The van der Waals surface area contributed by atoms with Gasteiger partial charge in [0.25, 0.3) is 0 Å². The number of hydrogen-bond acceptors (Lipinski definition) is 2. The summed E-state index contributed by atoms with van der Waals surface area (Å²) in [6.07, 6.45) is 5.97. The zero-order valence-electron chi connectivity index (χ0n) is 8.17. The first kappa shape index (κ1) is 11.2. The van der Waals surface area contributed by atoms with Crippen molar-refractivity contribution in [3.63, 3.8) is 0 Å². The van der Waals surface area contributed by atoms with Gasteiger partial charge in [-0.25, -0.2) is 0 Å². The van der Waals surface area contributed by atoms with Crippen molar-refractivity contribution in [1.29, 1.82) is 0 Å². The van der Waals surface area contributed by atoms with E-state index >= 15 is 0 Å². The molecule has 0 fully saturated rings. The van der Waals surface area contributed by atoms with E-state index < -0.39 is 0 Å². The molecule has 12 heavy (non-hydrogen) atoms. The minimum Gasteiger partial charge on any atom is -0.465 e. The van der Waals surface area contributed by atoms with Crippen LogP contribution in [0.4, 0.5) is 0 Å². The minimum absolute atomic E-state index is 0.0137. The quantitative estimate of drug-likeness (QED) is 0.360. The number of carbonyl (C=O) groups excluding carboxylic acids is 1. The van der Waals surface area contributed by atoms with Crippen molar-refractivity contribution in [1.82, 2.24) is 0 Å². The summed E-state index contributed by atoms with van der Waals surface area (Å²) in [7, 11) is 0. The molecule has 0 bridgehead atoms. The summed E-state index contributed by atoms with van der Waals surface area (Å²) in [5.41, 5.74) is 0. The first-order chi connectivity index (χ1) is 5.68. The Morgan fingerprint density at radius 1 is 1.42 bits per heavy atom. The zero-order chi connectivity index (χ0) is 9.40. The molecule has 2 nitrogen and oxygen atoms in total. The van der Waals surface area contributed by atoms with Crippen molar-refractivity contribution >= 4 is 5.97 Å². The van der Waals surface area contributed by atoms with Gasteiger partial charge in [0.2, 0.25) is 0 Å². The summed E-state index contributed by atoms with van der Waals surface area (Å²) >= 11 is 0. The van der Waals surface area contributed by atoms with Crippen LogP contribution in [0.15, 0.2) is 12.2 Å². The normalized spacial score (nSPS) is 11.0. The second-order valence-corrected chi connectivity index (χ2v) is 2.99. The Balaban J connectivity index is 3.31. The molecule has 0 heterocycles. The molecule has 0 aromatic rings. The maximum atomic E-state index is 10.9. The maximum Gasteiger partial charge on any atom is 0.308 e.